The molecular formula is C55H80. The summed E-state index contributed by atoms with van der Waals surface area (Å²) in [4.78, 5) is 0. The van der Waals surface area contributed by atoms with E-state index >= 15 is 0 Å². The van der Waals surface area contributed by atoms with Gasteiger partial charge in [-0.15, -0.1) is 0 Å². The molecule has 21 unspecified atom stereocenters. The zero-order valence-electron chi connectivity index (χ0n) is 35.7. The molecule has 7 fully saturated rings. The third-order valence-corrected chi connectivity index (χ3v) is 21.9. The molecule has 0 radical (unpaired) electrons. The molecule has 0 aromatic heterocycles. The molecule has 0 aromatic rings. The van der Waals surface area contributed by atoms with E-state index in [1.165, 1.54) is 77.0 Å². The van der Waals surface area contributed by atoms with Crippen molar-refractivity contribution in [3.63, 3.8) is 0 Å². The molecule has 0 aromatic carbocycles. The quantitative estimate of drug-likeness (QED) is 0.253. The van der Waals surface area contributed by atoms with Crippen molar-refractivity contribution < 1.29 is 0 Å². The van der Waals surface area contributed by atoms with Crippen LogP contribution in [0.5, 0.6) is 0 Å². The van der Waals surface area contributed by atoms with Crippen molar-refractivity contribution in [3.8, 4) is 0 Å². The molecule has 21 atom stereocenters. The number of hydrogen-bond acceptors (Lipinski definition) is 0. The molecule has 12 rings (SSSR count). The first-order valence-electron chi connectivity index (χ1n) is 25.9. The van der Waals surface area contributed by atoms with Crippen LogP contribution in [0.2, 0.25) is 0 Å². The summed E-state index contributed by atoms with van der Waals surface area (Å²) in [5.74, 6) is 20.3. The number of rotatable bonds is 3. The fraction of sp³-hybridized carbons (Fsp3) is 0.855. The van der Waals surface area contributed by atoms with Crippen molar-refractivity contribution in [3.05, 3.63) is 46.6 Å². The molecule has 0 bridgehead atoms. The smallest absolute Gasteiger partial charge is 0.00976 e. The first-order chi connectivity index (χ1) is 27.1. The lowest BCUT2D eigenvalue weighted by molar-refractivity contribution is -0.102. The largest absolute Gasteiger partial charge is 0.0882 e. The Morgan fingerprint density at radius 2 is 1.22 bits per heavy atom. The normalized spacial score (nSPS) is 55.2. The molecule has 7 saturated carbocycles. The van der Waals surface area contributed by atoms with Crippen molar-refractivity contribution in [1.29, 1.82) is 0 Å². The Kier molecular flexibility index (Phi) is 9.15. The van der Waals surface area contributed by atoms with E-state index in [9.17, 15) is 0 Å². The van der Waals surface area contributed by atoms with Gasteiger partial charge in [0.2, 0.25) is 0 Å². The SMILES string of the molecule is CC1CCC2C(C1)C(C1=CCCCC1C)C1C3=CCC(C4C5CCCCC5C5C6=C(CCCC6)C6CCCC4C65)C4CCCC(C34)C1C2C1C=CCCC1C. The van der Waals surface area contributed by atoms with E-state index in [-0.39, 0.29) is 0 Å². The average Bonchev–Trinajstić information content (AvgIpc) is 3.73. The standard InChI is InChI=1S/C55H80/c1-31-26-27-43-47(30-31)51(35-17-7-5-15-33(35)3)55-46-29-28-42(40-23-13-25-45(49(40)46)54(55)50(43)34-16-6-4-14-32(34)2)48-39-20-10-11-21-41(39)52-37-19-9-8-18-36(37)38-22-12-24-44(48)53(38)52/h6,16-17,29,31-34,38-45,47-55H,4-5,7-15,18-28,30H2,1-3H3. The van der Waals surface area contributed by atoms with Gasteiger partial charge >= 0.3 is 0 Å². The Balaban J connectivity index is 0.969. The molecule has 0 nitrogen and oxygen atoms in total. The van der Waals surface area contributed by atoms with Crippen LogP contribution in [-0.2, 0) is 0 Å². The molecule has 300 valence electrons. The van der Waals surface area contributed by atoms with Crippen LogP contribution in [0, 0.1) is 124 Å². The highest BCUT2D eigenvalue weighted by molar-refractivity contribution is 5.37. The van der Waals surface area contributed by atoms with Gasteiger partial charge in [0.15, 0.2) is 0 Å². The predicted octanol–water partition coefficient (Wildman–Crippen LogP) is 14.8. The Morgan fingerprint density at radius 3 is 2.09 bits per heavy atom. The monoisotopic (exact) mass is 741 g/mol. The van der Waals surface area contributed by atoms with Gasteiger partial charge in [-0.25, -0.2) is 0 Å². The van der Waals surface area contributed by atoms with Gasteiger partial charge in [0.25, 0.3) is 0 Å². The Hall–Kier alpha value is -1.04. The molecule has 0 heterocycles. The van der Waals surface area contributed by atoms with Gasteiger partial charge in [-0.3, -0.25) is 0 Å². The molecular weight excluding hydrogens is 661 g/mol. The second-order valence-electron chi connectivity index (χ2n) is 23.7. The van der Waals surface area contributed by atoms with E-state index in [1.807, 2.05) is 5.57 Å². The van der Waals surface area contributed by atoms with Crippen molar-refractivity contribution in [2.75, 3.05) is 0 Å². The molecule has 0 spiro atoms. The second-order valence-corrected chi connectivity index (χ2v) is 23.7. The molecule has 0 N–H and O–H groups in total. The van der Waals surface area contributed by atoms with E-state index < -0.39 is 0 Å². The third-order valence-electron chi connectivity index (χ3n) is 21.9. The van der Waals surface area contributed by atoms with Gasteiger partial charge in [0.1, 0.15) is 0 Å². The molecule has 0 aliphatic heterocycles. The highest BCUT2D eigenvalue weighted by atomic mass is 14.7. The zero-order chi connectivity index (χ0) is 36.5. The summed E-state index contributed by atoms with van der Waals surface area (Å²) < 4.78 is 0. The summed E-state index contributed by atoms with van der Waals surface area (Å²) in [6, 6.07) is 0. The van der Waals surface area contributed by atoms with Gasteiger partial charge in [0.05, 0.1) is 0 Å². The van der Waals surface area contributed by atoms with Crippen LogP contribution in [0.25, 0.3) is 0 Å². The van der Waals surface area contributed by atoms with Gasteiger partial charge in [-0.05, 0) is 240 Å². The first kappa shape index (κ1) is 35.9. The minimum absolute atomic E-state index is 0.821. The zero-order valence-corrected chi connectivity index (χ0v) is 35.7. The van der Waals surface area contributed by atoms with Gasteiger partial charge < -0.3 is 0 Å². The summed E-state index contributed by atoms with van der Waals surface area (Å²) >= 11 is 0. The highest BCUT2D eigenvalue weighted by Crippen LogP contribution is 2.74. The summed E-state index contributed by atoms with van der Waals surface area (Å²) in [6.07, 6.45) is 46.5. The minimum atomic E-state index is 0.821. The maximum Gasteiger partial charge on any atom is -0.00976 e. The highest BCUT2D eigenvalue weighted by Gasteiger charge is 2.67. The fourth-order valence-corrected chi connectivity index (χ4v) is 20.7. The lowest BCUT2D eigenvalue weighted by atomic mass is 9.45. The summed E-state index contributed by atoms with van der Waals surface area (Å²) in [6.45, 7) is 8.04. The average molecular weight is 741 g/mol. The van der Waals surface area contributed by atoms with Crippen molar-refractivity contribution in [2.24, 2.45) is 124 Å². The van der Waals surface area contributed by atoms with E-state index in [4.69, 9.17) is 0 Å². The lowest BCUT2D eigenvalue weighted by Crippen LogP contribution is -2.54. The van der Waals surface area contributed by atoms with Crippen LogP contribution in [0.3, 0.4) is 0 Å². The summed E-state index contributed by atoms with van der Waals surface area (Å²) in [7, 11) is 0. The second kappa shape index (κ2) is 14.0. The number of fused-ring (bicyclic) bond motifs is 8. The van der Waals surface area contributed by atoms with E-state index in [1.54, 1.807) is 70.6 Å². The molecule has 12 aliphatic rings. The van der Waals surface area contributed by atoms with Gasteiger partial charge in [-0.2, -0.15) is 0 Å². The van der Waals surface area contributed by atoms with Crippen LogP contribution < -0.4 is 0 Å². The molecule has 0 saturated heterocycles. The topological polar surface area (TPSA) is 0 Å². The van der Waals surface area contributed by atoms with Crippen LogP contribution in [0.1, 0.15) is 168 Å². The molecule has 55 heavy (non-hydrogen) atoms. The number of allylic oxidation sites excluding steroid dienone is 8. The van der Waals surface area contributed by atoms with Gasteiger partial charge in [-0.1, -0.05) is 99.5 Å². The van der Waals surface area contributed by atoms with E-state index in [0.29, 0.717) is 0 Å². The van der Waals surface area contributed by atoms with E-state index in [2.05, 4.69) is 61.8 Å². The Morgan fingerprint density at radius 1 is 0.455 bits per heavy atom. The Labute approximate surface area is 338 Å². The minimum Gasteiger partial charge on any atom is -0.0882 e. The molecule has 0 heteroatoms. The van der Waals surface area contributed by atoms with Crippen LogP contribution >= 0.6 is 0 Å². The van der Waals surface area contributed by atoms with Crippen LogP contribution in [0.15, 0.2) is 46.6 Å². The summed E-state index contributed by atoms with van der Waals surface area (Å²) in [5, 5.41) is 0. The molecule has 12 aliphatic carbocycles. The Bertz CT molecular complexity index is 1600. The maximum absolute atomic E-state index is 3.14. The number of hydrogen-bond donors (Lipinski definition) is 0. The first-order valence-corrected chi connectivity index (χ1v) is 25.9. The van der Waals surface area contributed by atoms with Crippen molar-refractivity contribution in [2.45, 2.75) is 168 Å². The van der Waals surface area contributed by atoms with Crippen LogP contribution in [0.4, 0.5) is 0 Å². The summed E-state index contributed by atoms with van der Waals surface area (Å²) in [5.41, 5.74) is 8.33. The lowest BCUT2D eigenvalue weighted by Gasteiger charge is -2.60. The van der Waals surface area contributed by atoms with E-state index in [0.717, 1.165) is 124 Å². The fourth-order valence-electron chi connectivity index (χ4n) is 20.7. The predicted molar refractivity (Wildman–Crippen MR) is 229 cm³/mol. The molecule has 0 amide bonds. The maximum atomic E-state index is 3.14. The van der Waals surface area contributed by atoms with Crippen LogP contribution in [-0.4, -0.2) is 0 Å². The third kappa shape index (κ3) is 5.31. The van der Waals surface area contributed by atoms with Crippen molar-refractivity contribution in [1.82, 2.24) is 0 Å². The van der Waals surface area contributed by atoms with Crippen molar-refractivity contribution >= 4 is 0 Å². The van der Waals surface area contributed by atoms with Gasteiger partial charge in [0, 0.05) is 0 Å².